The average Bonchev–Trinajstić information content (AvgIpc) is 2.01. The molecule has 0 amide bonds. The van der Waals surface area contributed by atoms with Crippen molar-refractivity contribution in [1.82, 2.24) is 0 Å². The monoisotopic (exact) mass is 184 g/mol. The topological polar surface area (TPSA) is 26.3 Å². The molecule has 0 aromatic rings. The van der Waals surface area contributed by atoms with E-state index in [1.54, 1.807) is 0 Å². The molecule has 0 atom stereocenters. The summed E-state index contributed by atoms with van der Waals surface area (Å²) in [5.41, 5.74) is -0.122. The fourth-order valence-electron chi connectivity index (χ4n) is 0.744. The first-order valence-corrected chi connectivity index (χ1v) is 4.50. The van der Waals surface area contributed by atoms with Gasteiger partial charge in [-0.15, -0.1) is 6.58 Å². The number of carbonyl (C=O) groups is 1. The van der Waals surface area contributed by atoms with Crippen LogP contribution < -0.4 is 0 Å². The van der Waals surface area contributed by atoms with E-state index in [0.717, 1.165) is 0 Å². The summed E-state index contributed by atoms with van der Waals surface area (Å²) in [6, 6.07) is 0. The summed E-state index contributed by atoms with van der Waals surface area (Å²) in [6.07, 6.45) is 1.90. The fourth-order valence-corrected chi connectivity index (χ4v) is 0.744. The third kappa shape index (κ3) is 3.21. The standard InChI is InChI=1S/C11H20O2/c1-7-10(3,4)11(5,6)8-13-9(2)12/h7H,1,8H2,2-6H3. The van der Waals surface area contributed by atoms with Gasteiger partial charge < -0.3 is 4.74 Å². The van der Waals surface area contributed by atoms with Gasteiger partial charge in [-0.25, -0.2) is 0 Å². The summed E-state index contributed by atoms with van der Waals surface area (Å²) in [5.74, 6) is -0.229. The van der Waals surface area contributed by atoms with Crippen molar-refractivity contribution in [2.45, 2.75) is 34.6 Å². The molecule has 76 valence electrons. The zero-order valence-electron chi connectivity index (χ0n) is 9.31. The second kappa shape index (κ2) is 3.95. The molecule has 2 heteroatoms. The predicted molar refractivity (Wildman–Crippen MR) is 54.4 cm³/mol. The van der Waals surface area contributed by atoms with Crippen LogP contribution in [0.2, 0.25) is 0 Å². The molecule has 13 heavy (non-hydrogen) atoms. The molecule has 0 rings (SSSR count). The van der Waals surface area contributed by atoms with E-state index in [1.165, 1.54) is 6.92 Å². The van der Waals surface area contributed by atoms with Crippen LogP contribution in [0.3, 0.4) is 0 Å². The largest absolute Gasteiger partial charge is 0.465 e. The fraction of sp³-hybridized carbons (Fsp3) is 0.727. The van der Waals surface area contributed by atoms with Gasteiger partial charge in [0.25, 0.3) is 0 Å². The molecule has 0 aromatic carbocycles. The Kier molecular flexibility index (Phi) is 3.71. The van der Waals surface area contributed by atoms with Crippen molar-refractivity contribution in [2.24, 2.45) is 10.8 Å². The maximum absolute atomic E-state index is 10.7. The van der Waals surface area contributed by atoms with Gasteiger partial charge in [-0.2, -0.15) is 0 Å². The van der Waals surface area contributed by atoms with Crippen LogP contribution in [0.1, 0.15) is 34.6 Å². The number of hydrogen-bond donors (Lipinski definition) is 0. The molecule has 0 aromatic heterocycles. The SMILES string of the molecule is C=CC(C)(C)C(C)(C)COC(C)=O. The van der Waals surface area contributed by atoms with Crippen molar-refractivity contribution in [3.63, 3.8) is 0 Å². The first kappa shape index (κ1) is 12.2. The van der Waals surface area contributed by atoms with Crippen LogP contribution in [-0.2, 0) is 9.53 Å². The third-order valence-electron chi connectivity index (χ3n) is 2.89. The van der Waals surface area contributed by atoms with E-state index in [1.807, 2.05) is 6.08 Å². The smallest absolute Gasteiger partial charge is 0.302 e. The molecule has 0 aliphatic rings. The van der Waals surface area contributed by atoms with Crippen LogP contribution in [0.4, 0.5) is 0 Å². The van der Waals surface area contributed by atoms with Gasteiger partial charge in [-0.3, -0.25) is 4.79 Å². The van der Waals surface area contributed by atoms with E-state index in [0.29, 0.717) is 6.61 Å². The number of hydrogen-bond acceptors (Lipinski definition) is 2. The highest BCUT2D eigenvalue weighted by molar-refractivity contribution is 5.65. The van der Waals surface area contributed by atoms with E-state index in [2.05, 4.69) is 34.3 Å². The van der Waals surface area contributed by atoms with Crippen molar-refractivity contribution in [2.75, 3.05) is 6.61 Å². The van der Waals surface area contributed by atoms with Gasteiger partial charge in [0.05, 0.1) is 6.61 Å². The van der Waals surface area contributed by atoms with Gasteiger partial charge in [0, 0.05) is 12.3 Å². The summed E-state index contributed by atoms with van der Waals surface area (Å²) in [5, 5.41) is 0. The van der Waals surface area contributed by atoms with Crippen molar-refractivity contribution in [1.29, 1.82) is 0 Å². The number of esters is 1. The number of ether oxygens (including phenoxy) is 1. The van der Waals surface area contributed by atoms with Crippen LogP contribution in [0.15, 0.2) is 12.7 Å². The zero-order valence-corrected chi connectivity index (χ0v) is 9.31. The zero-order chi connectivity index (χ0) is 10.7. The van der Waals surface area contributed by atoms with Gasteiger partial charge in [0.2, 0.25) is 0 Å². The average molecular weight is 184 g/mol. The van der Waals surface area contributed by atoms with Crippen molar-refractivity contribution < 1.29 is 9.53 Å². The summed E-state index contributed by atoms with van der Waals surface area (Å²) in [4.78, 5) is 10.7. The molecule has 0 aliphatic heterocycles. The van der Waals surface area contributed by atoms with Crippen molar-refractivity contribution >= 4 is 5.97 Å². The minimum atomic E-state index is -0.229. The first-order chi connectivity index (χ1) is 5.73. The van der Waals surface area contributed by atoms with Gasteiger partial charge >= 0.3 is 5.97 Å². The van der Waals surface area contributed by atoms with Crippen LogP contribution >= 0.6 is 0 Å². The Labute approximate surface area is 81.0 Å². The molecule has 0 saturated carbocycles. The summed E-state index contributed by atoms with van der Waals surface area (Å²) in [7, 11) is 0. The molecule has 0 heterocycles. The lowest BCUT2D eigenvalue weighted by molar-refractivity contribution is -0.145. The van der Waals surface area contributed by atoms with Gasteiger partial charge in [-0.05, 0) is 5.41 Å². The lowest BCUT2D eigenvalue weighted by Crippen LogP contribution is -2.35. The highest BCUT2D eigenvalue weighted by atomic mass is 16.5. The lowest BCUT2D eigenvalue weighted by atomic mass is 9.68. The quantitative estimate of drug-likeness (QED) is 0.496. The molecule has 0 saturated heterocycles. The second-order valence-corrected chi connectivity index (χ2v) is 4.59. The van der Waals surface area contributed by atoms with Gasteiger partial charge in [-0.1, -0.05) is 33.8 Å². The molecule has 0 bridgehead atoms. The maximum atomic E-state index is 10.7. The minimum absolute atomic E-state index is 0.0392. The molecule has 0 aliphatic carbocycles. The Hall–Kier alpha value is -0.790. The lowest BCUT2D eigenvalue weighted by Gasteiger charge is -2.38. The Morgan fingerprint density at radius 2 is 1.85 bits per heavy atom. The molecule has 0 N–H and O–H groups in total. The van der Waals surface area contributed by atoms with Gasteiger partial charge in [0.1, 0.15) is 0 Å². The normalized spacial score (nSPS) is 12.4. The van der Waals surface area contributed by atoms with Crippen LogP contribution in [0, 0.1) is 10.8 Å². The first-order valence-electron chi connectivity index (χ1n) is 4.50. The van der Waals surface area contributed by atoms with E-state index < -0.39 is 0 Å². The molecule has 0 spiro atoms. The molecular weight excluding hydrogens is 164 g/mol. The summed E-state index contributed by atoms with van der Waals surface area (Å²) >= 11 is 0. The Morgan fingerprint density at radius 1 is 1.38 bits per heavy atom. The van der Waals surface area contributed by atoms with Crippen LogP contribution in [-0.4, -0.2) is 12.6 Å². The second-order valence-electron chi connectivity index (χ2n) is 4.59. The molecule has 0 unspecified atom stereocenters. The summed E-state index contributed by atoms with van der Waals surface area (Å²) in [6.45, 7) is 14.0. The highest BCUT2D eigenvalue weighted by Crippen LogP contribution is 2.39. The minimum Gasteiger partial charge on any atom is -0.465 e. The van der Waals surface area contributed by atoms with Crippen molar-refractivity contribution in [3.8, 4) is 0 Å². The molecule has 0 fully saturated rings. The Morgan fingerprint density at radius 3 is 2.15 bits per heavy atom. The van der Waals surface area contributed by atoms with E-state index in [4.69, 9.17) is 4.74 Å². The number of carbonyl (C=O) groups excluding carboxylic acids is 1. The number of rotatable bonds is 4. The highest BCUT2D eigenvalue weighted by Gasteiger charge is 2.35. The molecular formula is C11H20O2. The molecule has 0 radical (unpaired) electrons. The Balaban J connectivity index is 4.38. The molecule has 2 nitrogen and oxygen atoms in total. The van der Waals surface area contributed by atoms with E-state index in [9.17, 15) is 4.79 Å². The van der Waals surface area contributed by atoms with Crippen LogP contribution in [0.25, 0.3) is 0 Å². The Bertz CT molecular complexity index is 202. The van der Waals surface area contributed by atoms with Crippen molar-refractivity contribution in [3.05, 3.63) is 12.7 Å². The third-order valence-corrected chi connectivity index (χ3v) is 2.89. The van der Waals surface area contributed by atoms with E-state index in [-0.39, 0.29) is 16.8 Å². The number of allylic oxidation sites excluding steroid dienone is 1. The summed E-state index contributed by atoms with van der Waals surface area (Å²) < 4.78 is 5.01. The predicted octanol–water partition coefficient (Wildman–Crippen LogP) is 2.79. The maximum Gasteiger partial charge on any atom is 0.302 e. The van der Waals surface area contributed by atoms with Gasteiger partial charge in [0.15, 0.2) is 0 Å². The van der Waals surface area contributed by atoms with E-state index >= 15 is 0 Å². The van der Waals surface area contributed by atoms with Crippen LogP contribution in [0.5, 0.6) is 0 Å².